The van der Waals surface area contributed by atoms with Crippen LogP contribution in [-0.4, -0.2) is 18.1 Å². The highest BCUT2D eigenvalue weighted by Gasteiger charge is 2.18. The summed E-state index contributed by atoms with van der Waals surface area (Å²) in [4.78, 5) is 5.57. The molecule has 1 aliphatic heterocycles. The molecule has 0 bridgehead atoms. The van der Waals surface area contributed by atoms with Crippen LogP contribution >= 0.6 is 0 Å². The highest BCUT2D eigenvalue weighted by Crippen LogP contribution is 2.30. The summed E-state index contributed by atoms with van der Waals surface area (Å²) in [5.74, 6) is 0.650. The molecule has 0 amide bonds. The van der Waals surface area contributed by atoms with Crippen LogP contribution < -0.4 is 4.90 Å². The number of benzene rings is 1. The summed E-state index contributed by atoms with van der Waals surface area (Å²) in [6.45, 7) is 4.45. The maximum atomic E-state index is 13.3. The number of rotatable bonds is 1. The highest BCUT2D eigenvalue weighted by molar-refractivity contribution is 5.92. The van der Waals surface area contributed by atoms with Crippen LogP contribution in [-0.2, 0) is 0 Å². The van der Waals surface area contributed by atoms with Gasteiger partial charge in [0.05, 0.1) is 5.69 Å². The summed E-state index contributed by atoms with van der Waals surface area (Å²) >= 11 is 0. The van der Waals surface area contributed by atoms with Crippen molar-refractivity contribution >= 4 is 16.6 Å². The number of hydrogen-bond acceptors (Lipinski definition) is 1. The second-order valence-electron chi connectivity index (χ2n) is 5.03. The molecule has 0 saturated carbocycles. The molecule has 3 heteroatoms. The molecule has 1 N–H and O–H groups in total. The Morgan fingerprint density at radius 3 is 2.82 bits per heavy atom. The lowest BCUT2D eigenvalue weighted by Gasteiger charge is -2.31. The zero-order chi connectivity index (χ0) is 11.8. The molecule has 1 saturated heterocycles. The van der Waals surface area contributed by atoms with Crippen molar-refractivity contribution in [3.05, 3.63) is 30.2 Å². The van der Waals surface area contributed by atoms with Gasteiger partial charge in [-0.2, -0.15) is 0 Å². The number of H-pyrrole nitrogens is 1. The van der Waals surface area contributed by atoms with Crippen LogP contribution in [0.1, 0.15) is 19.8 Å². The molecule has 2 aromatic rings. The third-order valence-electron chi connectivity index (χ3n) is 3.75. The van der Waals surface area contributed by atoms with Gasteiger partial charge in [0.15, 0.2) is 0 Å². The highest BCUT2D eigenvalue weighted by atomic mass is 19.1. The lowest BCUT2D eigenvalue weighted by molar-refractivity contribution is 0.439. The quantitative estimate of drug-likeness (QED) is 0.796. The monoisotopic (exact) mass is 232 g/mol. The predicted octanol–water partition coefficient (Wildman–Crippen LogP) is 3.54. The summed E-state index contributed by atoms with van der Waals surface area (Å²) in [5.41, 5.74) is 2.16. The van der Waals surface area contributed by atoms with E-state index in [1.54, 1.807) is 12.1 Å². The summed E-state index contributed by atoms with van der Waals surface area (Å²) in [5, 5.41) is 1.000. The molecule has 3 rings (SSSR count). The Morgan fingerprint density at radius 2 is 2.06 bits per heavy atom. The molecule has 1 fully saturated rings. The predicted molar refractivity (Wildman–Crippen MR) is 68.9 cm³/mol. The number of anilines is 1. The molecular weight excluding hydrogens is 215 g/mol. The Kier molecular flexibility index (Phi) is 2.54. The summed E-state index contributed by atoms with van der Waals surface area (Å²) < 4.78 is 13.3. The smallest absolute Gasteiger partial charge is 0.124 e. The molecule has 0 radical (unpaired) electrons. The first-order chi connectivity index (χ1) is 8.24. The van der Waals surface area contributed by atoms with E-state index < -0.39 is 0 Å². The van der Waals surface area contributed by atoms with Crippen molar-refractivity contribution in [2.45, 2.75) is 19.8 Å². The van der Waals surface area contributed by atoms with Crippen LogP contribution in [0.15, 0.2) is 24.4 Å². The van der Waals surface area contributed by atoms with Crippen molar-refractivity contribution in [1.29, 1.82) is 0 Å². The Labute approximate surface area is 100 Å². The SMILES string of the molecule is CC1CCN(c2c[nH]c3ccc(F)cc23)CC1. The Hall–Kier alpha value is -1.51. The van der Waals surface area contributed by atoms with E-state index >= 15 is 0 Å². The van der Waals surface area contributed by atoms with Crippen LogP contribution in [0, 0.1) is 11.7 Å². The van der Waals surface area contributed by atoms with Crippen molar-refractivity contribution in [2.75, 3.05) is 18.0 Å². The first-order valence-corrected chi connectivity index (χ1v) is 6.25. The zero-order valence-corrected chi connectivity index (χ0v) is 10.0. The largest absolute Gasteiger partial charge is 0.370 e. The molecule has 1 aromatic carbocycles. The van der Waals surface area contributed by atoms with Crippen LogP contribution in [0.3, 0.4) is 0 Å². The summed E-state index contributed by atoms with van der Waals surface area (Å²) in [7, 11) is 0. The molecule has 2 heterocycles. The maximum absolute atomic E-state index is 13.3. The van der Waals surface area contributed by atoms with Gasteiger partial charge in [-0.3, -0.25) is 0 Å². The summed E-state index contributed by atoms with van der Waals surface area (Å²) in [6.07, 6.45) is 4.45. The Bertz CT molecular complexity index is 524. The van der Waals surface area contributed by atoms with Gasteiger partial charge < -0.3 is 9.88 Å². The molecule has 2 nitrogen and oxygen atoms in total. The van der Waals surface area contributed by atoms with Gasteiger partial charge >= 0.3 is 0 Å². The van der Waals surface area contributed by atoms with E-state index in [4.69, 9.17) is 0 Å². The van der Waals surface area contributed by atoms with Crippen LogP contribution in [0.5, 0.6) is 0 Å². The standard InChI is InChI=1S/C14H17FN2/c1-10-4-6-17(7-5-10)14-9-16-13-3-2-11(15)8-12(13)14/h2-3,8-10,16H,4-7H2,1H3. The summed E-state index contributed by atoms with van der Waals surface area (Å²) in [6, 6.07) is 4.93. The van der Waals surface area contributed by atoms with Gasteiger partial charge in [0.2, 0.25) is 0 Å². The van der Waals surface area contributed by atoms with E-state index in [-0.39, 0.29) is 5.82 Å². The molecule has 1 aromatic heterocycles. The van der Waals surface area contributed by atoms with E-state index in [9.17, 15) is 4.39 Å². The van der Waals surface area contributed by atoms with Crippen molar-refractivity contribution < 1.29 is 4.39 Å². The van der Waals surface area contributed by atoms with Gasteiger partial charge in [0, 0.05) is 30.2 Å². The number of halogens is 1. The number of aromatic nitrogens is 1. The molecule has 17 heavy (non-hydrogen) atoms. The van der Waals surface area contributed by atoms with Gasteiger partial charge in [0.25, 0.3) is 0 Å². The fraction of sp³-hybridized carbons (Fsp3) is 0.429. The van der Waals surface area contributed by atoms with Crippen LogP contribution in [0.4, 0.5) is 10.1 Å². The van der Waals surface area contributed by atoms with Gasteiger partial charge in [-0.15, -0.1) is 0 Å². The molecule has 0 spiro atoms. The molecule has 1 aliphatic rings. The molecule has 0 unspecified atom stereocenters. The van der Waals surface area contributed by atoms with E-state index in [0.717, 1.165) is 35.6 Å². The van der Waals surface area contributed by atoms with Crippen molar-refractivity contribution in [3.8, 4) is 0 Å². The lowest BCUT2D eigenvalue weighted by Crippen LogP contribution is -2.32. The third-order valence-corrected chi connectivity index (χ3v) is 3.75. The van der Waals surface area contributed by atoms with Crippen molar-refractivity contribution in [1.82, 2.24) is 4.98 Å². The molecule has 90 valence electrons. The second-order valence-corrected chi connectivity index (χ2v) is 5.03. The Morgan fingerprint density at radius 1 is 1.29 bits per heavy atom. The van der Waals surface area contributed by atoms with E-state index in [1.165, 1.54) is 18.9 Å². The molecular formula is C14H17FN2. The first-order valence-electron chi connectivity index (χ1n) is 6.25. The van der Waals surface area contributed by atoms with Gasteiger partial charge in [-0.05, 0) is 37.0 Å². The fourth-order valence-electron chi connectivity index (χ4n) is 2.59. The number of nitrogens with zero attached hydrogens (tertiary/aromatic N) is 1. The van der Waals surface area contributed by atoms with Gasteiger partial charge in [-0.25, -0.2) is 4.39 Å². The third kappa shape index (κ3) is 1.90. The zero-order valence-electron chi connectivity index (χ0n) is 10.0. The molecule has 0 atom stereocenters. The van der Waals surface area contributed by atoms with E-state index in [0.29, 0.717) is 0 Å². The van der Waals surface area contributed by atoms with Gasteiger partial charge in [-0.1, -0.05) is 6.92 Å². The topological polar surface area (TPSA) is 19.0 Å². The average molecular weight is 232 g/mol. The van der Waals surface area contributed by atoms with Gasteiger partial charge in [0.1, 0.15) is 5.82 Å². The van der Waals surface area contributed by atoms with E-state index in [1.807, 2.05) is 6.20 Å². The number of hydrogen-bond donors (Lipinski definition) is 1. The van der Waals surface area contributed by atoms with Crippen molar-refractivity contribution in [2.24, 2.45) is 5.92 Å². The first kappa shape index (κ1) is 10.6. The molecule has 0 aliphatic carbocycles. The second kappa shape index (κ2) is 4.06. The van der Waals surface area contributed by atoms with Crippen molar-refractivity contribution in [3.63, 3.8) is 0 Å². The Balaban J connectivity index is 1.97. The fourth-order valence-corrected chi connectivity index (χ4v) is 2.59. The normalized spacial score (nSPS) is 17.9. The lowest BCUT2D eigenvalue weighted by atomic mass is 9.99. The number of piperidine rings is 1. The van der Waals surface area contributed by atoms with E-state index in [2.05, 4.69) is 16.8 Å². The minimum absolute atomic E-state index is 0.163. The maximum Gasteiger partial charge on any atom is 0.124 e. The minimum atomic E-state index is -0.163. The number of aromatic amines is 1. The minimum Gasteiger partial charge on any atom is -0.370 e. The van der Waals surface area contributed by atoms with Crippen LogP contribution in [0.25, 0.3) is 10.9 Å². The number of fused-ring (bicyclic) bond motifs is 1. The number of nitrogens with one attached hydrogen (secondary N) is 1. The van der Waals surface area contributed by atoms with Crippen LogP contribution in [0.2, 0.25) is 0 Å². The average Bonchev–Trinajstić information content (AvgIpc) is 2.73.